The highest BCUT2D eigenvalue weighted by Gasteiger charge is 2.51. The zero-order valence-corrected chi connectivity index (χ0v) is 71.6. The van der Waals surface area contributed by atoms with Gasteiger partial charge in [0.25, 0.3) is 5.91 Å². The van der Waals surface area contributed by atoms with Crippen molar-refractivity contribution in [3.8, 4) is 23.8 Å². The zero-order chi connectivity index (χ0) is 85.2. The van der Waals surface area contributed by atoms with Crippen molar-refractivity contribution in [1.82, 2.24) is 14.8 Å². The van der Waals surface area contributed by atoms with Gasteiger partial charge >= 0.3 is 18.7 Å². The second-order valence-corrected chi connectivity index (χ2v) is 33.1. The number of benzene rings is 6. The molecule has 2 amide bonds. The Morgan fingerprint density at radius 2 is 1.10 bits per heavy atom. The van der Waals surface area contributed by atoms with E-state index < -0.39 is 34.4 Å². The summed E-state index contributed by atoms with van der Waals surface area (Å²) < 4.78 is 121. The van der Waals surface area contributed by atoms with Crippen LogP contribution in [0.1, 0.15) is 168 Å². The Balaban J connectivity index is 0.000000454. The number of alkyl halides is 7. The Hall–Kier alpha value is -9.12. The van der Waals surface area contributed by atoms with Crippen LogP contribution in [0.4, 0.5) is 30.7 Å². The molecule has 3 aliphatic carbocycles. The smallest absolute Gasteiger partial charge is 0.485 e. The lowest BCUT2D eigenvalue weighted by atomic mass is 9.58. The fourth-order valence-electron chi connectivity index (χ4n) is 10.9. The molecular weight excluding hydrogens is 1690 g/mol. The fourth-order valence-corrected chi connectivity index (χ4v) is 12.1. The highest BCUT2D eigenvalue weighted by atomic mass is 79.9. The molecule has 2 unspecified atom stereocenters. The number of amides is 2. The number of likely N-dealkylation sites (N-methyl/N-ethyl adjacent to an activating group) is 1. The van der Waals surface area contributed by atoms with Gasteiger partial charge in [0.2, 0.25) is 5.91 Å². The van der Waals surface area contributed by atoms with Crippen molar-refractivity contribution in [3.05, 3.63) is 234 Å². The summed E-state index contributed by atoms with van der Waals surface area (Å²) in [5.41, 5.74) is 20.9. The van der Waals surface area contributed by atoms with E-state index in [0.717, 1.165) is 32.9 Å². The summed E-state index contributed by atoms with van der Waals surface area (Å²) in [6, 6.07) is 48.4. The molecule has 2 heterocycles. The lowest BCUT2D eigenvalue weighted by Gasteiger charge is -2.43. The van der Waals surface area contributed by atoms with Gasteiger partial charge in [0.05, 0.1) is 5.41 Å². The number of terminal acetylenes is 1. The number of ketones is 2. The Bertz CT molecular complexity index is 4550. The minimum atomic E-state index is -6.09. The van der Waals surface area contributed by atoms with E-state index in [4.69, 9.17) is 41.6 Å². The van der Waals surface area contributed by atoms with Gasteiger partial charge in [-0.1, -0.05) is 181 Å². The number of guanidine groups is 2. The van der Waals surface area contributed by atoms with E-state index in [0.29, 0.717) is 52.6 Å². The van der Waals surface area contributed by atoms with Crippen molar-refractivity contribution < 1.29 is 82.4 Å². The molecule has 1 aromatic heterocycles. The molecular formula is C83H101Br3F7N9O10S. The van der Waals surface area contributed by atoms with E-state index >= 15 is 0 Å². The number of rotatable bonds is 10. The maximum Gasteiger partial charge on any atom is 0.485 e. The van der Waals surface area contributed by atoms with Gasteiger partial charge in [-0.3, -0.25) is 34.1 Å². The lowest BCUT2D eigenvalue weighted by Crippen LogP contribution is -2.47. The van der Waals surface area contributed by atoms with Crippen LogP contribution in [0.2, 0.25) is 0 Å². The number of nitrogens with zero attached hydrogens (tertiary/aromatic N) is 6. The highest BCUT2D eigenvalue weighted by molar-refractivity contribution is 9.11. The molecule has 19 nitrogen and oxygen atoms in total. The molecule has 1 aliphatic heterocycles. The number of hydrogen-bond donors (Lipinski definition) is 3. The number of carbonyl (C=O) groups excluding carboxylic acids is 4. The minimum absolute atomic E-state index is 0. The van der Waals surface area contributed by atoms with Gasteiger partial charge < -0.3 is 41.6 Å². The summed E-state index contributed by atoms with van der Waals surface area (Å²) in [5, 5.41) is 0. The molecule has 0 spiro atoms. The van der Waals surface area contributed by atoms with Crippen LogP contribution >= 0.6 is 47.8 Å². The van der Waals surface area contributed by atoms with E-state index in [9.17, 15) is 49.9 Å². The third kappa shape index (κ3) is 32.0. The van der Waals surface area contributed by atoms with Crippen molar-refractivity contribution in [2.45, 2.75) is 154 Å². The predicted molar refractivity (Wildman–Crippen MR) is 442 cm³/mol. The molecule has 0 bridgehead atoms. The second-order valence-electron chi connectivity index (χ2n) is 29.0. The molecule has 2 atom stereocenters. The maximum atomic E-state index is 13.2. The third-order valence-electron chi connectivity index (χ3n) is 17.5. The van der Waals surface area contributed by atoms with Crippen molar-refractivity contribution in [2.24, 2.45) is 32.6 Å². The molecule has 3 fully saturated rings. The summed E-state index contributed by atoms with van der Waals surface area (Å²) in [7, 11) is 4.72. The first kappa shape index (κ1) is 100.0. The van der Waals surface area contributed by atoms with Crippen molar-refractivity contribution >= 4 is 105 Å². The van der Waals surface area contributed by atoms with E-state index in [-0.39, 0.29) is 63.2 Å². The molecule has 11 rings (SSSR count). The number of hydrogen-bond acceptors (Lipinski definition) is 13. The Morgan fingerprint density at radius 1 is 0.708 bits per heavy atom. The van der Waals surface area contributed by atoms with E-state index in [2.05, 4.69) is 209 Å². The van der Waals surface area contributed by atoms with Crippen molar-refractivity contribution in [3.63, 3.8) is 0 Å². The minimum Gasteiger partial charge on any atom is -0.741 e. The molecule has 614 valence electrons. The van der Waals surface area contributed by atoms with E-state index in [1.165, 1.54) is 118 Å². The molecule has 0 saturated heterocycles. The molecule has 6 aromatic carbocycles. The average molecular weight is 1790 g/mol. The van der Waals surface area contributed by atoms with Crippen LogP contribution in [0.25, 0.3) is 6.08 Å². The molecule has 8 N–H and O–H groups in total. The first-order chi connectivity index (χ1) is 51.8. The number of Topliss-reactive ketones (excluding diaryl/α,β-unsaturated/α-hetero) is 2. The summed E-state index contributed by atoms with van der Waals surface area (Å²) >= 11 is 10.3. The van der Waals surface area contributed by atoms with E-state index in [1.54, 1.807) is 25.9 Å². The lowest BCUT2D eigenvalue weighted by molar-refractivity contribution is -0.473. The quantitative estimate of drug-likeness (QED) is 0.0218. The van der Waals surface area contributed by atoms with Crippen LogP contribution in [0.15, 0.2) is 188 Å². The summed E-state index contributed by atoms with van der Waals surface area (Å²) in [6.45, 7) is 19.5. The van der Waals surface area contributed by atoms with Gasteiger partial charge in [0, 0.05) is 114 Å². The number of nitrogens with two attached hydrogens (primary N) is 3. The second kappa shape index (κ2) is 44.5. The van der Waals surface area contributed by atoms with Crippen LogP contribution in [0.5, 0.6) is 11.5 Å². The number of aromatic nitrogens is 1. The number of carbonyl (C=O) groups is 4. The van der Waals surface area contributed by atoms with Crippen LogP contribution in [-0.4, -0.2) is 140 Å². The Kier molecular flexibility index (Phi) is 39.4. The van der Waals surface area contributed by atoms with Gasteiger partial charge in [-0.05, 0) is 156 Å². The monoisotopic (exact) mass is 1790 g/mol. The van der Waals surface area contributed by atoms with Gasteiger partial charge in [0.15, 0.2) is 33.3 Å². The summed E-state index contributed by atoms with van der Waals surface area (Å²) in [5.74, 6) is 4.26. The van der Waals surface area contributed by atoms with Crippen LogP contribution in [0.3, 0.4) is 0 Å². The largest absolute Gasteiger partial charge is 0.741 e. The standard InChI is InChI=1S/C21H19F2N3O3.C14H19BrN.C14H23N.C10H9BrO.C9H6F2O.C8H7Br.C4H9NO.C2H7N3.CHF3O3S.H2O/c1-26-18(28)21(25-20(26)24,14-5-7-17(8-6-14)29-19(22)23)15-4-2-3-12(9-15)13-10-16(27)11-13;1-14(2)12(9-13(14)16(3)4)10-6-5-7-11(15)8-10;1-10-8-11(13(2,3)4)15-12(9-10)14(5,6)7;11-9-3-1-2-7(4-9)8-5-10(12)6-8;1-2-7-3-5-8(6-4-7)12-9(10)11;1-2-7-4-3-5-8(9)6-7;1-4(6)5(2)3;1-5-2(3)4;2-1(3,4)8(5,6)7;/h2-9,13,19H,10-11H2,1H3,(H2,24,25);5-8,12H,9H2,1-4H3;8-9H,1-7H3;1-4,8H,5-6H2;1,3-6,9H;2-6H,1H2;1-3H3;1H3,(H4,3,4,5);(H,5,6,7);1H2/q;+1;;;;;;;;/p-1. The van der Waals surface area contributed by atoms with Crippen LogP contribution in [-0.2, 0) is 45.7 Å². The number of halogens is 10. The van der Waals surface area contributed by atoms with Gasteiger partial charge in [-0.15, -0.1) is 6.42 Å². The molecule has 0 radical (unpaired) electrons. The Labute approximate surface area is 684 Å². The molecule has 7 aromatic rings. The predicted octanol–water partition coefficient (Wildman–Crippen LogP) is 16.9. The fraction of sp³-hybridized carbons (Fsp3) is 0.373. The normalized spacial score (nSPS) is 15.9. The summed E-state index contributed by atoms with van der Waals surface area (Å²) in [4.78, 5) is 60.9. The topological polar surface area (TPSA) is 301 Å². The Morgan fingerprint density at radius 3 is 1.42 bits per heavy atom. The number of pyridine rings is 1. The van der Waals surface area contributed by atoms with Gasteiger partial charge in [0.1, 0.15) is 37.2 Å². The SMILES string of the molecule is C#Cc1ccc(OC(F)F)cc1.C=Cc1cccc(Br)c1.CC(=O)N(C)C.CN1C(=O)C(c2ccc(OC(F)F)cc2)(c2cccc(C3CC(=O)C3)c2)N=C1N.CN=C(N)N.C[N+](C)=C1CC(c2cccc(Br)c2)C1(C)C.Cc1cc(C(C)(C)C)nc(C(C)(C)C)c1.O.O=C1CC(c2cccc(Br)c2)C1.O=S(=O)([O-])C(F)(F)F. The number of ether oxygens (including phenoxy) is 2. The molecule has 113 heavy (non-hydrogen) atoms. The van der Waals surface area contributed by atoms with Gasteiger partial charge in [-0.25, -0.2) is 18.0 Å². The highest BCUT2D eigenvalue weighted by Crippen LogP contribution is 2.50. The molecule has 4 aliphatic rings. The number of aliphatic imine (C=N–C) groups is 2. The first-order valence-electron chi connectivity index (χ1n) is 34.8. The van der Waals surface area contributed by atoms with Crippen LogP contribution < -0.4 is 26.7 Å². The van der Waals surface area contributed by atoms with E-state index in [1.807, 2.05) is 60.7 Å². The maximum absolute atomic E-state index is 13.2. The average Bonchev–Trinajstić information content (AvgIpc) is 1.71. The zero-order valence-electron chi connectivity index (χ0n) is 66.1. The van der Waals surface area contributed by atoms with Gasteiger partial charge in [-0.2, -0.15) is 30.7 Å². The molecule has 30 heteroatoms. The van der Waals surface area contributed by atoms with Crippen molar-refractivity contribution in [2.75, 3.05) is 42.3 Å². The number of aryl methyl sites for hydroxylation is 1. The van der Waals surface area contributed by atoms with Crippen LogP contribution in [0, 0.1) is 24.7 Å². The first-order valence-corrected chi connectivity index (χ1v) is 38.5. The molecule has 3 saturated carbocycles. The van der Waals surface area contributed by atoms with Crippen molar-refractivity contribution in [1.29, 1.82) is 0 Å². The third-order valence-corrected chi connectivity index (χ3v) is 19.6. The summed E-state index contributed by atoms with van der Waals surface area (Å²) in [6.07, 6.45) is 10.5.